The highest BCUT2D eigenvalue weighted by Gasteiger charge is 2.45. The average Bonchev–Trinajstić information content (AvgIpc) is 1.33. The Morgan fingerprint density at radius 3 is 1.11 bits per heavy atom. The fourth-order valence-electron chi connectivity index (χ4n) is 18.2. The molecule has 2 aliphatic heterocycles. The van der Waals surface area contributed by atoms with Gasteiger partial charge in [-0.3, -0.25) is 0 Å². The lowest BCUT2D eigenvalue weighted by molar-refractivity contribution is 0.332. The Bertz CT molecular complexity index is 5610. The smallest absolute Gasteiger partial charge is 0.252 e. The van der Waals surface area contributed by atoms with E-state index >= 15 is 0 Å². The van der Waals surface area contributed by atoms with Gasteiger partial charge in [0, 0.05) is 61.4 Å². The maximum absolute atomic E-state index is 2.64. The maximum atomic E-state index is 2.64. The number of para-hydroxylation sites is 2. The number of benzene rings is 12. The zero-order valence-corrected chi connectivity index (χ0v) is 61.4. The van der Waals surface area contributed by atoms with E-state index in [-0.39, 0.29) is 39.2 Å². The molecule has 0 radical (unpaired) electrons. The zero-order valence-electron chi connectivity index (χ0n) is 61.4. The van der Waals surface area contributed by atoms with E-state index in [9.17, 15) is 0 Å². The average molecular weight is 1310 g/mol. The van der Waals surface area contributed by atoms with Crippen molar-refractivity contribution in [3.05, 3.63) is 282 Å². The molecule has 101 heavy (non-hydrogen) atoms. The fraction of sp³-hybridized carbons (Fsp3) is 0.250. The highest BCUT2D eigenvalue weighted by atomic mass is 15.2. The van der Waals surface area contributed by atoms with Gasteiger partial charge < -0.3 is 18.9 Å². The molecule has 0 saturated heterocycles. The molecule has 12 aromatic carbocycles. The van der Waals surface area contributed by atoms with E-state index in [1.54, 1.807) is 0 Å². The SMILES string of the molecule is CC(C)(C)c1ccc2c(c1)c1cc(C(C)(C)C)ccc1n2-c1cc2c3c(c1)N(c1ccc(-c4ccc5c(c4)C(C)(C)CCC5(C)C)cc1)c1cc(-n4c5ccccc5c5ccccc54)ccc1B3c1ccc(-c3ccccc3)cc1N2c1ccc(-c2ccc3c(c2)C(C)(C)CCC3(C)C)cc1. The summed E-state index contributed by atoms with van der Waals surface area (Å²) in [4.78, 5) is 5.27. The van der Waals surface area contributed by atoms with Crippen LogP contribution in [0.1, 0.15) is 156 Å². The summed E-state index contributed by atoms with van der Waals surface area (Å²) < 4.78 is 5.09. The van der Waals surface area contributed by atoms with Gasteiger partial charge in [0.25, 0.3) is 6.71 Å². The van der Waals surface area contributed by atoms with Gasteiger partial charge in [0.15, 0.2) is 0 Å². The van der Waals surface area contributed by atoms with E-state index in [0.29, 0.717) is 0 Å². The monoisotopic (exact) mass is 1310 g/mol. The Kier molecular flexibility index (Phi) is 13.9. The highest BCUT2D eigenvalue weighted by Crippen LogP contribution is 2.52. The Morgan fingerprint density at radius 2 is 0.634 bits per heavy atom. The van der Waals surface area contributed by atoms with Crippen molar-refractivity contribution >= 4 is 101 Å². The normalized spacial score (nSPS) is 16.3. The minimum atomic E-state index is -0.143. The molecule has 4 aliphatic rings. The summed E-state index contributed by atoms with van der Waals surface area (Å²) in [6.45, 7) is 33.4. The molecule has 0 bridgehead atoms. The lowest BCUT2D eigenvalue weighted by atomic mass is 9.33. The van der Waals surface area contributed by atoms with Crippen molar-refractivity contribution in [1.82, 2.24) is 9.13 Å². The number of nitrogens with zero attached hydrogens (tertiary/aromatic N) is 4. The van der Waals surface area contributed by atoms with Crippen molar-refractivity contribution < 1.29 is 0 Å². The molecule has 2 aromatic heterocycles. The van der Waals surface area contributed by atoms with Crippen LogP contribution in [0.4, 0.5) is 34.1 Å². The number of hydrogen-bond acceptors (Lipinski definition) is 2. The van der Waals surface area contributed by atoms with Crippen LogP contribution < -0.4 is 26.2 Å². The summed E-state index contributed by atoms with van der Waals surface area (Å²) in [5, 5.41) is 5.03. The maximum Gasteiger partial charge on any atom is 0.252 e. The van der Waals surface area contributed by atoms with Crippen molar-refractivity contribution in [1.29, 1.82) is 0 Å². The Hall–Kier alpha value is -10.1. The van der Waals surface area contributed by atoms with Crippen LogP contribution in [0, 0.1) is 0 Å². The van der Waals surface area contributed by atoms with Crippen molar-refractivity contribution in [2.45, 2.75) is 155 Å². The van der Waals surface area contributed by atoms with Crippen LogP contribution in [-0.2, 0) is 32.5 Å². The quantitative estimate of drug-likeness (QED) is 0.148. The Labute approximate surface area is 598 Å². The molecular weight excluding hydrogens is 1220 g/mol. The third kappa shape index (κ3) is 9.98. The van der Waals surface area contributed by atoms with Gasteiger partial charge in [-0.1, -0.05) is 255 Å². The molecule has 0 spiro atoms. The number of fused-ring (bicyclic) bond motifs is 12. The molecule has 0 unspecified atom stereocenters. The van der Waals surface area contributed by atoms with Crippen molar-refractivity contribution in [3.63, 3.8) is 0 Å². The van der Waals surface area contributed by atoms with Crippen LogP contribution in [0.2, 0.25) is 0 Å². The first-order chi connectivity index (χ1) is 48.3. The summed E-state index contributed by atoms with van der Waals surface area (Å²) in [5.41, 5.74) is 33.9. The van der Waals surface area contributed by atoms with Gasteiger partial charge in [-0.05, 0) is 232 Å². The molecule has 4 nitrogen and oxygen atoms in total. The van der Waals surface area contributed by atoms with E-state index < -0.39 is 0 Å². The summed E-state index contributed by atoms with van der Waals surface area (Å²) in [5.74, 6) is 0. The predicted molar refractivity (Wildman–Crippen MR) is 433 cm³/mol. The Morgan fingerprint density at radius 1 is 0.277 bits per heavy atom. The van der Waals surface area contributed by atoms with Crippen molar-refractivity contribution in [3.8, 4) is 44.8 Å². The molecule has 5 heteroatoms. The molecule has 18 rings (SSSR count). The van der Waals surface area contributed by atoms with Gasteiger partial charge in [-0.2, -0.15) is 0 Å². The predicted octanol–water partition coefficient (Wildman–Crippen LogP) is 24.3. The largest absolute Gasteiger partial charge is 0.311 e. The Balaban J connectivity index is 0.928. The highest BCUT2D eigenvalue weighted by molar-refractivity contribution is 7.00. The molecule has 0 saturated carbocycles. The molecule has 4 heterocycles. The van der Waals surface area contributed by atoms with E-state index in [1.807, 2.05) is 0 Å². The molecular formula is C96H91BN4. The summed E-state index contributed by atoms with van der Waals surface area (Å²) in [6.07, 6.45) is 4.72. The minimum Gasteiger partial charge on any atom is -0.311 e. The van der Waals surface area contributed by atoms with Gasteiger partial charge in [-0.15, -0.1) is 0 Å². The van der Waals surface area contributed by atoms with Gasteiger partial charge in [0.1, 0.15) is 0 Å². The molecule has 2 aliphatic carbocycles. The third-order valence-electron chi connectivity index (χ3n) is 24.4. The van der Waals surface area contributed by atoms with E-state index in [1.165, 1.54) is 158 Å². The second-order valence-corrected chi connectivity index (χ2v) is 34.7. The van der Waals surface area contributed by atoms with Crippen LogP contribution in [0.25, 0.3) is 88.4 Å². The molecule has 0 N–H and O–H groups in total. The van der Waals surface area contributed by atoms with Gasteiger partial charge in [0.2, 0.25) is 0 Å². The molecule has 0 amide bonds. The fourth-order valence-corrected chi connectivity index (χ4v) is 18.2. The lowest BCUT2D eigenvalue weighted by Crippen LogP contribution is -2.61. The summed E-state index contributed by atoms with van der Waals surface area (Å²) >= 11 is 0. The zero-order chi connectivity index (χ0) is 69.6. The number of anilines is 6. The number of hydrogen-bond donors (Lipinski definition) is 0. The van der Waals surface area contributed by atoms with Crippen LogP contribution >= 0.6 is 0 Å². The molecule has 498 valence electrons. The van der Waals surface area contributed by atoms with Crippen molar-refractivity contribution in [2.24, 2.45) is 0 Å². The van der Waals surface area contributed by atoms with Gasteiger partial charge in [-0.25, -0.2) is 0 Å². The van der Waals surface area contributed by atoms with Crippen molar-refractivity contribution in [2.75, 3.05) is 9.80 Å². The van der Waals surface area contributed by atoms with Crippen LogP contribution in [0.3, 0.4) is 0 Å². The van der Waals surface area contributed by atoms with Crippen LogP contribution in [-0.4, -0.2) is 15.8 Å². The standard InChI is InChI=1S/C96H91BN4/c1-91(2,3)66-35-46-84-74(55-66)75-56-67(92(4,5)6)36-47-85(75)101(84)71-58-88-90-89(59-71)99(69-39-30-62(31-40-69)64-33-43-77-79(53-64)96(13,14)51-49-94(77,9)10)87-57-70(100-82-26-20-18-24-72(82)73-25-19-21-27-83(73)100)41-45-81(87)97(90)80-44-34-65(60-22-16-15-17-23-60)54-86(80)98(88)68-37-28-61(29-38-68)63-32-42-76-78(52-63)95(11,12)50-48-93(76,7)8/h15-47,52-59H,48-51H2,1-14H3. The minimum absolute atomic E-state index is 0.0559. The van der Waals surface area contributed by atoms with Gasteiger partial charge in [0.05, 0.1) is 27.8 Å². The van der Waals surface area contributed by atoms with E-state index in [4.69, 9.17) is 0 Å². The molecule has 0 atom stereocenters. The first-order valence-electron chi connectivity index (χ1n) is 37.0. The lowest BCUT2D eigenvalue weighted by Gasteiger charge is -2.44. The van der Waals surface area contributed by atoms with Crippen LogP contribution in [0.5, 0.6) is 0 Å². The van der Waals surface area contributed by atoms with Crippen LogP contribution in [0.15, 0.2) is 249 Å². The third-order valence-corrected chi connectivity index (χ3v) is 24.4. The second kappa shape index (κ2) is 22.2. The number of rotatable bonds is 7. The summed E-state index contributed by atoms with van der Waals surface area (Å²) in [6, 6.07) is 97.1. The van der Waals surface area contributed by atoms with E-state index in [0.717, 1.165) is 39.8 Å². The van der Waals surface area contributed by atoms with Gasteiger partial charge >= 0.3 is 0 Å². The van der Waals surface area contributed by atoms with E-state index in [2.05, 4.69) is 365 Å². The first kappa shape index (κ1) is 63.1. The number of aromatic nitrogens is 2. The first-order valence-corrected chi connectivity index (χ1v) is 37.0. The molecule has 0 fully saturated rings. The summed E-state index contributed by atoms with van der Waals surface area (Å²) in [7, 11) is 0. The molecule has 14 aromatic rings. The second-order valence-electron chi connectivity index (χ2n) is 34.7. The topological polar surface area (TPSA) is 16.3 Å².